The number of hydrogen-bond acceptors (Lipinski definition) is 3. The van der Waals surface area contributed by atoms with Gasteiger partial charge in [0.2, 0.25) is 0 Å². The number of nitro groups is 1. The summed E-state index contributed by atoms with van der Waals surface area (Å²) in [5.41, 5.74) is 0.597. The molecular weight excluding hydrogens is 263 g/mol. The minimum Gasteiger partial charge on any atom is -0.317 e. The summed E-state index contributed by atoms with van der Waals surface area (Å²) in [6.45, 7) is 3.87. The zero-order chi connectivity index (χ0) is 13.2. The highest BCUT2D eigenvalue weighted by Gasteiger charge is 2.24. The summed E-state index contributed by atoms with van der Waals surface area (Å²) < 4.78 is 0. The number of hydrogen-bond donors (Lipinski definition) is 1. The predicted octanol–water partition coefficient (Wildman–Crippen LogP) is 3.61. The lowest BCUT2D eigenvalue weighted by Gasteiger charge is -2.20. The average Bonchev–Trinajstić information content (AvgIpc) is 2.29. The zero-order valence-corrected chi connectivity index (χ0v) is 11.3. The first kappa shape index (κ1) is 14.2. The zero-order valence-electron chi connectivity index (χ0n) is 9.83. The SMILES string of the molecule is CNC(C)C(C)c1cc(Cl)c(Cl)cc1[N+](=O)[O-]. The van der Waals surface area contributed by atoms with Crippen molar-refractivity contribution in [3.8, 4) is 0 Å². The van der Waals surface area contributed by atoms with E-state index in [2.05, 4.69) is 5.32 Å². The lowest BCUT2D eigenvalue weighted by Crippen LogP contribution is -2.27. The molecule has 0 aliphatic heterocycles. The summed E-state index contributed by atoms with van der Waals surface area (Å²) in [7, 11) is 1.81. The van der Waals surface area contributed by atoms with Crippen LogP contribution in [0, 0.1) is 10.1 Å². The molecule has 0 aliphatic rings. The normalized spacial score (nSPS) is 14.4. The fraction of sp³-hybridized carbons (Fsp3) is 0.455. The minimum absolute atomic E-state index is 0.00833. The highest BCUT2D eigenvalue weighted by atomic mass is 35.5. The molecule has 0 heterocycles. The van der Waals surface area contributed by atoms with Gasteiger partial charge in [-0.2, -0.15) is 0 Å². The van der Waals surface area contributed by atoms with Gasteiger partial charge >= 0.3 is 0 Å². The van der Waals surface area contributed by atoms with Crippen molar-refractivity contribution in [2.75, 3.05) is 7.05 Å². The van der Waals surface area contributed by atoms with Crippen molar-refractivity contribution in [3.63, 3.8) is 0 Å². The molecule has 0 spiro atoms. The maximum atomic E-state index is 11.0. The number of halogens is 2. The summed E-state index contributed by atoms with van der Waals surface area (Å²) in [6, 6.07) is 2.98. The average molecular weight is 277 g/mol. The van der Waals surface area contributed by atoms with E-state index in [1.54, 1.807) is 6.07 Å². The van der Waals surface area contributed by atoms with Crippen molar-refractivity contribution in [2.24, 2.45) is 0 Å². The van der Waals surface area contributed by atoms with E-state index in [1.807, 2.05) is 20.9 Å². The van der Waals surface area contributed by atoms with E-state index >= 15 is 0 Å². The lowest BCUT2D eigenvalue weighted by molar-refractivity contribution is -0.385. The van der Waals surface area contributed by atoms with Crippen molar-refractivity contribution in [1.82, 2.24) is 5.32 Å². The van der Waals surface area contributed by atoms with E-state index in [9.17, 15) is 10.1 Å². The quantitative estimate of drug-likeness (QED) is 0.675. The van der Waals surface area contributed by atoms with Gasteiger partial charge in [0.05, 0.1) is 15.0 Å². The van der Waals surface area contributed by atoms with E-state index in [1.165, 1.54) is 6.07 Å². The van der Waals surface area contributed by atoms with E-state index in [0.29, 0.717) is 10.6 Å². The van der Waals surface area contributed by atoms with Crippen molar-refractivity contribution in [2.45, 2.75) is 25.8 Å². The standard InChI is InChI=1S/C11H14Cl2N2O2/c1-6(7(2)14-3)8-4-9(12)10(13)5-11(8)15(16)17/h4-7,14H,1-3H3. The van der Waals surface area contributed by atoms with Gasteiger partial charge in [0.25, 0.3) is 5.69 Å². The van der Waals surface area contributed by atoms with Crippen molar-refractivity contribution < 1.29 is 4.92 Å². The van der Waals surface area contributed by atoms with Gasteiger partial charge in [-0.3, -0.25) is 10.1 Å². The first-order chi connectivity index (χ1) is 7.88. The van der Waals surface area contributed by atoms with Crippen LogP contribution in [0.4, 0.5) is 5.69 Å². The van der Waals surface area contributed by atoms with Gasteiger partial charge in [0.15, 0.2) is 0 Å². The Labute approximate surface area is 110 Å². The first-order valence-electron chi connectivity index (χ1n) is 5.19. The Hall–Kier alpha value is -0.840. The lowest BCUT2D eigenvalue weighted by atomic mass is 9.93. The van der Waals surface area contributed by atoms with Crippen LogP contribution in [-0.2, 0) is 0 Å². The van der Waals surface area contributed by atoms with E-state index in [-0.39, 0.29) is 22.7 Å². The second-order valence-corrected chi connectivity index (χ2v) is 4.76. The maximum absolute atomic E-state index is 11.0. The number of nitrogens with zero attached hydrogens (tertiary/aromatic N) is 1. The second-order valence-electron chi connectivity index (χ2n) is 3.95. The molecule has 0 saturated heterocycles. The fourth-order valence-corrected chi connectivity index (χ4v) is 1.92. The van der Waals surface area contributed by atoms with E-state index < -0.39 is 4.92 Å². The molecule has 0 aliphatic carbocycles. The molecule has 1 aromatic rings. The van der Waals surface area contributed by atoms with E-state index in [0.717, 1.165) is 0 Å². The van der Waals surface area contributed by atoms with Gasteiger partial charge in [-0.05, 0) is 20.0 Å². The second kappa shape index (κ2) is 5.67. The Balaban J connectivity index is 3.30. The largest absolute Gasteiger partial charge is 0.317 e. The van der Waals surface area contributed by atoms with Gasteiger partial charge in [0, 0.05) is 23.6 Å². The van der Waals surface area contributed by atoms with Crippen LogP contribution in [0.15, 0.2) is 12.1 Å². The molecule has 2 unspecified atom stereocenters. The van der Waals surface area contributed by atoms with E-state index in [4.69, 9.17) is 23.2 Å². The Morgan fingerprint density at radius 1 is 1.29 bits per heavy atom. The van der Waals surface area contributed by atoms with Crippen LogP contribution in [-0.4, -0.2) is 18.0 Å². The molecule has 0 bridgehead atoms. The molecule has 1 N–H and O–H groups in total. The Kier molecular flexibility index (Phi) is 4.74. The van der Waals surface area contributed by atoms with Crippen LogP contribution in [0.5, 0.6) is 0 Å². The molecule has 1 rings (SSSR count). The molecule has 4 nitrogen and oxygen atoms in total. The summed E-state index contributed by atoms with van der Waals surface area (Å²) in [5, 5.41) is 14.6. The summed E-state index contributed by atoms with van der Waals surface area (Å²) >= 11 is 11.7. The number of rotatable bonds is 4. The molecule has 6 heteroatoms. The minimum atomic E-state index is -0.434. The van der Waals surface area contributed by atoms with Crippen LogP contribution in [0.3, 0.4) is 0 Å². The maximum Gasteiger partial charge on any atom is 0.274 e. The molecule has 0 radical (unpaired) electrons. The third-order valence-electron chi connectivity index (χ3n) is 2.96. The Morgan fingerprint density at radius 2 is 1.82 bits per heavy atom. The van der Waals surface area contributed by atoms with Gasteiger partial charge < -0.3 is 5.32 Å². The fourth-order valence-electron chi connectivity index (χ4n) is 1.59. The van der Waals surface area contributed by atoms with Crippen molar-refractivity contribution in [1.29, 1.82) is 0 Å². The molecule has 17 heavy (non-hydrogen) atoms. The third kappa shape index (κ3) is 3.09. The first-order valence-corrected chi connectivity index (χ1v) is 5.94. The number of nitrogens with one attached hydrogen (secondary N) is 1. The van der Waals surface area contributed by atoms with Gasteiger partial charge in [-0.25, -0.2) is 0 Å². The number of benzene rings is 1. The summed E-state index contributed by atoms with van der Waals surface area (Å²) in [4.78, 5) is 10.5. The molecule has 94 valence electrons. The van der Waals surface area contributed by atoms with Crippen LogP contribution in [0.2, 0.25) is 10.0 Å². The summed E-state index contributed by atoms with van der Waals surface area (Å²) in [6.07, 6.45) is 0. The highest BCUT2D eigenvalue weighted by molar-refractivity contribution is 6.42. The molecule has 1 aromatic carbocycles. The van der Waals surface area contributed by atoms with Gasteiger partial charge in [-0.1, -0.05) is 30.1 Å². The Morgan fingerprint density at radius 3 is 2.29 bits per heavy atom. The number of nitro benzene ring substituents is 1. The highest BCUT2D eigenvalue weighted by Crippen LogP contribution is 2.35. The van der Waals surface area contributed by atoms with Crippen LogP contribution >= 0.6 is 23.2 Å². The van der Waals surface area contributed by atoms with Crippen LogP contribution in [0.1, 0.15) is 25.3 Å². The predicted molar refractivity (Wildman–Crippen MR) is 70.1 cm³/mol. The monoisotopic (exact) mass is 276 g/mol. The molecule has 0 saturated carbocycles. The van der Waals surface area contributed by atoms with Crippen molar-refractivity contribution in [3.05, 3.63) is 37.9 Å². The molecule has 2 atom stereocenters. The smallest absolute Gasteiger partial charge is 0.274 e. The Bertz CT molecular complexity index is 438. The van der Waals surface area contributed by atoms with Crippen molar-refractivity contribution >= 4 is 28.9 Å². The topological polar surface area (TPSA) is 55.2 Å². The molecule has 0 fully saturated rings. The molecular formula is C11H14Cl2N2O2. The van der Waals surface area contributed by atoms with Gasteiger partial charge in [0.1, 0.15) is 0 Å². The summed E-state index contributed by atoms with van der Waals surface area (Å²) in [5.74, 6) is -0.0323. The number of likely N-dealkylation sites (N-methyl/N-ethyl adjacent to an activating group) is 1. The molecule has 0 amide bonds. The molecule has 0 aromatic heterocycles. The van der Waals surface area contributed by atoms with Crippen LogP contribution in [0.25, 0.3) is 0 Å². The van der Waals surface area contributed by atoms with Crippen LogP contribution < -0.4 is 5.32 Å². The van der Waals surface area contributed by atoms with Gasteiger partial charge in [-0.15, -0.1) is 0 Å². The third-order valence-corrected chi connectivity index (χ3v) is 3.68.